The Morgan fingerprint density at radius 1 is 0.929 bits per heavy atom. The lowest BCUT2D eigenvalue weighted by molar-refractivity contribution is 0.103. The van der Waals surface area contributed by atoms with Gasteiger partial charge in [0.25, 0.3) is 0 Å². The van der Waals surface area contributed by atoms with Crippen LogP contribution in [0.1, 0.15) is 26.7 Å². The SMILES string of the molecule is O=C1C2=C(Nc3ccccc3SC2c2cccc(O)c2)c2cc(Cl)c(Cl)cc21. The number of para-hydroxylation sites is 1. The molecule has 1 aliphatic heterocycles. The summed E-state index contributed by atoms with van der Waals surface area (Å²) in [6.45, 7) is 0. The maximum absolute atomic E-state index is 13.4. The van der Waals surface area contributed by atoms with E-state index in [4.69, 9.17) is 23.2 Å². The lowest BCUT2D eigenvalue weighted by Crippen LogP contribution is -2.07. The number of thioether (sulfide) groups is 1. The summed E-state index contributed by atoms with van der Waals surface area (Å²) in [5.74, 6) is 0.0875. The van der Waals surface area contributed by atoms with Gasteiger partial charge in [0.05, 0.1) is 26.7 Å². The lowest BCUT2D eigenvalue weighted by atomic mass is 10.0. The van der Waals surface area contributed by atoms with Gasteiger partial charge in [-0.1, -0.05) is 47.5 Å². The Morgan fingerprint density at radius 3 is 2.46 bits per heavy atom. The number of carbonyl (C=O) groups is 1. The van der Waals surface area contributed by atoms with Crippen LogP contribution in [0.25, 0.3) is 5.70 Å². The molecular weight excluding hydrogens is 413 g/mol. The second kappa shape index (κ2) is 6.59. The standard InChI is InChI=1S/C22H13Cl2NO2S/c23-15-9-13-14(10-16(15)24)21(27)19-20(13)25-17-6-1-2-7-18(17)28-22(19)11-4-3-5-12(26)8-11/h1-10,22,25-26H. The average Bonchev–Trinajstić information content (AvgIpc) is 2.84. The molecule has 1 aliphatic carbocycles. The number of rotatable bonds is 1. The van der Waals surface area contributed by atoms with Crippen LogP contribution in [-0.4, -0.2) is 10.9 Å². The molecule has 138 valence electrons. The molecule has 28 heavy (non-hydrogen) atoms. The van der Waals surface area contributed by atoms with Gasteiger partial charge in [-0.3, -0.25) is 4.79 Å². The number of hydrogen-bond acceptors (Lipinski definition) is 4. The number of fused-ring (bicyclic) bond motifs is 3. The Morgan fingerprint density at radius 2 is 1.68 bits per heavy atom. The van der Waals surface area contributed by atoms with Crippen molar-refractivity contribution in [2.45, 2.75) is 10.1 Å². The normalized spacial score (nSPS) is 17.5. The fourth-order valence-corrected chi connectivity index (χ4v) is 5.26. The first-order valence-electron chi connectivity index (χ1n) is 8.63. The Bertz CT molecular complexity index is 1190. The third-order valence-corrected chi connectivity index (χ3v) is 6.99. The van der Waals surface area contributed by atoms with E-state index in [1.54, 1.807) is 42.1 Å². The molecule has 0 radical (unpaired) electrons. The second-order valence-corrected chi connectivity index (χ2v) is 8.61. The minimum atomic E-state index is -0.282. The lowest BCUT2D eigenvalue weighted by Gasteiger charge is -2.17. The molecule has 3 nitrogen and oxygen atoms in total. The Hall–Kier alpha value is -2.40. The number of phenols is 1. The summed E-state index contributed by atoms with van der Waals surface area (Å²) < 4.78 is 0. The molecule has 2 N–H and O–H groups in total. The number of aromatic hydroxyl groups is 1. The summed E-state index contributed by atoms with van der Waals surface area (Å²) in [5.41, 5.74) is 4.45. The van der Waals surface area contributed by atoms with Crippen molar-refractivity contribution in [3.8, 4) is 5.75 Å². The zero-order valence-electron chi connectivity index (χ0n) is 14.4. The quantitative estimate of drug-likeness (QED) is 0.462. The van der Waals surface area contributed by atoms with Crippen molar-refractivity contribution in [2.75, 3.05) is 5.32 Å². The molecule has 0 saturated carbocycles. The first kappa shape index (κ1) is 17.7. The van der Waals surface area contributed by atoms with Gasteiger partial charge in [0, 0.05) is 21.6 Å². The molecule has 0 saturated heterocycles. The summed E-state index contributed by atoms with van der Waals surface area (Å²) in [4.78, 5) is 14.4. The van der Waals surface area contributed by atoms with E-state index in [1.807, 2.05) is 30.3 Å². The molecule has 5 rings (SSSR count). The molecule has 6 heteroatoms. The smallest absolute Gasteiger partial charge is 0.193 e. The van der Waals surface area contributed by atoms with Gasteiger partial charge < -0.3 is 10.4 Å². The molecule has 0 amide bonds. The summed E-state index contributed by atoms with van der Waals surface area (Å²) in [7, 11) is 0. The van der Waals surface area contributed by atoms with Crippen LogP contribution in [0.4, 0.5) is 5.69 Å². The molecule has 0 bridgehead atoms. The maximum atomic E-state index is 13.4. The van der Waals surface area contributed by atoms with E-state index in [2.05, 4.69) is 5.32 Å². The number of benzene rings is 3. The van der Waals surface area contributed by atoms with Crippen LogP contribution in [0.5, 0.6) is 5.75 Å². The largest absolute Gasteiger partial charge is 0.508 e. The molecule has 3 aromatic carbocycles. The fourth-order valence-electron chi connectivity index (χ4n) is 3.65. The summed E-state index contributed by atoms with van der Waals surface area (Å²) in [6.07, 6.45) is 0. The highest BCUT2D eigenvalue weighted by Gasteiger charge is 2.38. The van der Waals surface area contributed by atoms with E-state index in [-0.39, 0.29) is 16.8 Å². The van der Waals surface area contributed by atoms with Crippen molar-refractivity contribution < 1.29 is 9.90 Å². The highest BCUT2D eigenvalue weighted by molar-refractivity contribution is 8.00. The predicted molar refractivity (Wildman–Crippen MR) is 114 cm³/mol. The fraction of sp³-hybridized carbons (Fsp3) is 0.0455. The molecule has 0 fully saturated rings. The van der Waals surface area contributed by atoms with Gasteiger partial charge in [-0.2, -0.15) is 0 Å². The van der Waals surface area contributed by atoms with Gasteiger partial charge in [-0.25, -0.2) is 0 Å². The Kier molecular flexibility index (Phi) is 4.16. The van der Waals surface area contributed by atoms with Crippen molar-refractivity contribution in [1.29, 1.82) is 0 Å². The highest BCUT2D eigenvalue weighted by Crippen LogP contribution is 2.53. The molecule has 1 unspecified atom stereocenters. The topological polar surface area (TPSA) is 49.3 Å². The monoisotopic (exact) mass is 425 g/mol. The van der Waals surface area contributed by atoms with Crippen LogP contribution in [-0.2, 0) is 0 Å². The van der Waals surface area contributed by atoms with Crippen molar-refractivity contribution in [3.63, 3.8) is 0 Å². The van der Waals surface area contributed by atoms with E-state index in [1.165, 1.54) is 0 Å². The Balaban J connectivity index is 1.77. The van der Waals surface area contributed by atoms with Crippen molar-refractivity contribution in [2.24, 2.45) is 0 Å². The van der Waals surface area contributed by atoms with Gasteiger partial charge in [-0.15, -0.1) is 11.8 Å². The molecule has 2 aliphatic rings. The zero-order valence-corrected chi connectivity index (χ0v) is 16.7. The van der Waals surface area contributed by atoms with Crippen LogP contribution in [0.2, 0.25) is 10.0 Å². The van der Waals surface area contributed by atoms with Gasteiger partial charge >= 0.3 is 0 Å². The first-order valence-corrected chi connectivity index (χ1v) is 10.3. The number of phenolic OH excluding ortho intramolecular Hbond substituents is 1. The van der Waals surface area contributed by atoms with Gasteiger partial charge in [-0.05, 0) is 42.0 Å². The number of hydrogen-bond donors (Lipinski definition) is 2. The number of Topliss-reactive ketones (excluding diaryl/α,β-unsaturated/α-hetero) is 1. The van der Waals surface area contributed by atoms with Gasteiger partial charge in [0.1, 0.15) is 5.75 Å². The summed E-state index contributed by atoms with van der Waals surface area (Å²) in [6, 6.07) is 18.3. The number of ketones is 1. The minimum absolute atomic E-state index is 0.0790. The molecule has 3 aromatic rings. The minimum Gasteiger partial charge on any atom is -0.508 e. The third-order valence-electron chi connectivity index (χ3n) is 4.92. The van der Waals surface area contributed by atoms with Gasteiger partial charge in [0.15, 0.2) is 5.78 Å². The van der Waals surface area contributed by atoms with Crippen molar-refractivity contribution in [3.05, 3.63) is 93.0 Å². The van der Waals surface area contributed by atoms with E-state index in [0.717, 1.165) is 27.4 Å². The number of carbonyl (C=O) groups excluding carboxylic acids is 1. The zero-order chi connectivity index (χ0) is 19.4. The number of anilines is 1. The van der Waals surface area contributed by atoms with Crippen LogP contribution in [0.15, 0.2) is 71.1 Å². The maximum Gasteiger partial charge on any atom is 0.193 e. The molecule has 1 atom stereocenters. The Labute approximate surface area is 176 Å². The van der Waals surface area contributed by atoms with Gasteiger partial charge in [0.2, 0.25) is 0 Å². The van der Waals surface area contributed by atoms with E-state index in [9.17, 15) is 9.90 Å². The number of nitrogens with one attached hydrogen (secondary N) is 1. The van der Waals surface area contributed by atoms with Crippen LogP contribution >= 0.6 is 35.0 Å². The molecule has 1 heterocycles. The molecular formula is C22H13Cl2NO2S. The van der Waals surface area contributed by atoms with E-state index in [0.29, 0.717) is 21.2 Å². The van der Waals surface area contributed by atoms with Crippen molar-refractivity contribution in [1.82, 2.24) is 0 Å². The van der Waals surface area contributed by atoms with Crippen LogP contribution in [0.3, 0.4) is 0 Å². The predicted octanol–water partition coefficient (Wildman–Crippen LogP) is 6.57. The van der Waals surface area contributed by atoms with E-state index < -0.39 is 0 Å². The number of halogens is 2. The third kappa shape index (κ3) is 2.72. The second-order valence-electron chi connectivity index (χ2n) is 6.64. The van der Waals surface area contributed by atoms with Crippen molar-refractivity contribution >= 4 is 52.1 Å². The molecule has 0 aromatic heterocycles. The summed E-state index contributed by atoms with van der Waals surface area (Å²) >= 11 is 14.0. The van der Waals surface area contributed by atoms with E-state index >= 15 is 0 Å². The average molecular weight is 426 g/mol. The van der Waals surface area contributed by atoms with Crippen LogP contribution in [0, 0.1) is 0 Å². The summed E-state index contributed by atoms with van der Waals surface area (Å²) in [5, 5.41) is 13.9. The molecule has 0 spiro atoms. The van der Waals surface area contributed by atoms with Crippen LogP contribution < -0.4 is 5.32 Å². The highest BCUT2D eigenvalue weighted by atomic mass is 35.5. The first-order chi connectivity index (χ1) is 13.5.